The van der Waals surface area contributed by atoms with E-state index in [1.54, 1.807) is 43.3 Å². The van der Waals surface area contributed by atoms with Crippen LogP contribution in [0, 0.1) is 6.92 Å². The number of sulfonamides is 2. The van der Waals surface area contributed by atoms with Crippen LogP contribution in [-0.4, -0.2) is 22.7 Å². The number of aryl methyl sites for hydroxylation is 1. The first-order chi connectivity index (χ1) is 18.0. The number of benzene rings is 4. The number of rotatable bonds is 8. The zero-order chi connectivity index (χ0) is 27.5. The largest absolute Gasteiger partial charge is 0.322 e. The van der Waals surface area contributed by atoms with E-state index in [4.69, 9.17) is 23.2 Å². The van der Waals surface area contributed by atoms with Crippen molar-refractivity contribution in [2.45, 2.75) is 16.7 Å². The first-order valence-corrected chi connectivity index (χ1v) is 14.8. The van der Waals surface area contributed by atoms with E-state index in [1.165, 1.54) is 54.6 Å². The third kappa shape index (κ3) is 6.28. The monoisotopic (exact) mass is 589 g/mol. The second kappa shape index (κ2) is 11.0. The standard InChI is InChI=1S/C26H21Cl2N3O5S2/c1-17-10-11-18(16-24(17)31-37(33,34)20-6-3-2-4-7-20)26(32)29-19-12-14-21(15-13-19)38(35,36)30-23-9-5-8-22(27)25(23)28/h2-16,30-31H,1H3,(H,29,32). The van der Waals surface area contributed by atoms with Crippen molar-refractivity contribution in [2.75, 3.05) is 14.8 Å². The van der Waals surface area contributed by atoms with Crippen LogP contribution in [0.3, 0.4) is 0 Å². The lowest BCUT2D eigenvalue weighted by molar-refractivity contribution is 0.102. The minimum absolute atomic E-state index is 0.0560. The Labute approximate surface area is 230 Å². The third-order valence-electron chi connectivity index (χ3n) is 5.42. The maximum absolute atomic E-state index is 12.9. The Morgan fingerprint density at radius 2 is 1.29 bits per heavy atom. The summed E-state index contributed by atoms with van der Waals surface area (Å²) in [5.74, 6) is -0.510. The molecule has 0 bridgehead atoms. The highest BCUT2D eigenvalue weighted by Crippen LogP contribution is 2.31. The summed E-state index contributed by atoms with van der Waals surface area (Å²) in [4.78, 5) is 12.9. The average Bonchev–Trinajstić information content (AvgIpc) is 2.88. The van der Waals surface area contributed by atoms with Gasteiger partial charge in [-0.2, -0.15) is 0 Å². The number of hydrogen-bond donors (Lipinski definition) is 3. The molecule has 0 aliphatic rings. The molecule has 1 amide bonds. The van der Waals surface area contributed by atoms with Gasteiger partial charge in [-0.1, -0.05) is 53.5 Å². The van der Waals surface area contributed by atoms with E-state index in [-0.39, 0.29) is 36.8 Å². The van der Waals surface area contributed by atoms with Crippen LogP contribution in [0.4, 0.5) is 17.1 Å². The molecule has 4 rings (SSSR count). The van der Waals surface area contributed by atoms with E-state index >= 15 is 0 Å². The highest BCUT2D eigenvalue weighted by Gasteiger charge is 2.18. The smallest absolute Gasteiger partial charge is 0.261 e. The van der Waals surface area contributed by atoms with Gasteiger partial charge in [0.1, 0.15) is 0 Å². The molecule has 0 aliphatic carbocycles. The number of amides is 1. The predicted molar refractivity (Wildman–Crippen MR) is 150 cm³/mol. The molecule has 0 unspecified atom stereocenters. The van der Waals surface area contributed by atoms with Gasteiger partial charge in [-0.15, -0.1) is 0 Å². The Kier molecular flexibility index (Phi) is 7.98. The molecule has 0 aliphatic heterocycles. The number of hydrogen-bond acceptors (Lipinski definition) is 5. The molecule has 0 fully saturated rings. The fourth-order valence-electron chi connectivity index (χ4n) is 3.38. The van der Waals surface area contributed by atoms with Crippen LogP contribution in [0.25, 0.3) is 0 Å². The van der Waals surface area contributed by atoms with Gasteiger partial charge in [-0.3, -0.25) is 14.2 Å². The number of nitrogens with one attached hydrogen (secondary N) is 3. The van der Waals surface area contributed by atoms with Gasteiger partial charge < -0.3 is 5.32 Å². The van der Waals surface area contributed by atoms with Crippen molar-refractivity contribution in [3.8, 4) is 0 Å². The van der Waals surface area contributed by atoms with Gasteiger partial charge in [0, 0.05) is 11.3 Å². The SMILES string of the molecule is Cc1ccc(C(=O)Nc2ccc(S(=O)(=O)Nc3cccc(Cl)c3Cl)cc2)cc1NS(=O)(=O)c1ccccc1. The minimum Gasteiger partial charge on any atom is -0.322 e. The van der Waals surface area contributed by atoms with Crippen molar-refractivity contribution in [1.29, 1.82) is 0 Å². The molecule has 0 heterocycles. The average molecular weight is 591 g/mol. The summed E-state index contributed by atoms with van der Waals surface area (Å²) < 4.78 is 55.8. The van der Waals surface area contributed by atoms with Crippen LogP contribution < -0.4 is 14.8 Å². The van der Waals surface area contributed by atoms with Crippen LogP contribution in [0.15, 0.2) is 101 Å². The minimum atomic E-state index is -3.97. The van der Waals surface area contributed by atoms with Crippen molar-refractivity contribution in [3.05, 3.63) is 112 Å². The first-order valence-electron chi connectivity index (χ1n) is 11.0. The zero-order valence-electron chi connectivity index (χ0n) is 19.8. The van der Waals surface area contributed by atoms with Crippen molar-refractivity contribution in [3.63, 3.8) is 0 Å². The summed E-state index contributed by atoms with van der Waals surface area (Å²) in [6.45, 7) is 1.72. The van der Waals surface area contributed by atoms with Gasteiger partial charge in [0.15, 0.2) is 0 Å². The molecule has 4 aromatic rings. The summed E-state index contributed by atoms with van der Waals surface area (Å²) >= 11 is 12.0. The van der Waals surface area contributed by atoms with Crippen molar-refractivity contribution in [1.82, 2.24) is 0 Å². The summed E-state index contributed by atoms with van der Waals surface area (Å²) in [6, 6.07) is 22.6. The maximum Gasteiger partial charge on any atom is 0.261 e. The number of halogens is 2. The molecule has 0 saturated carbocycles. The summed E-state index contributed by atoms with van der Waals surface area (Å²) in [5, 5.41) is 2.95. The molecule has 0 atom stereocenters. The molecule has 8 nitrogen and oxygen atoms in total. The van der Waals surface area contributed by atoms with Gasteiger partial charge in [0.2, 0.25) is 0 Å². The normalized spacial score (nSPS) is 11.6. The highest BCUT2D eigenvalue weighted by molar-refractivity contribution is 7.93. The Bertz CT molecular complexity index is 1710. The quantitative estimate of drug-likeness (QED) is 0.227. The molecule has 0 aromatic heterocycles. The zero-order valence-corrected chi connectivity index (χ0v) is 22.9. The van der Waals surface area contributed by atoms with Crippen LogP contribution >= 0.6 is 23.2 Å². The Hall–Kier alpha value is -3.57. The Morgan fingerprint density at radius 3 is 1.95 bits per heavy atom. The fourth-order valence-corrected chi connectivity index (χ4v) is 6.00. The second-order valence-electron chi connectivity index (χ2n) is 8.13. The molecule has 3 N–H and O–H groups in total. The molecule has 12 heteroatoms. The highest BCUT2D eigenvalue weighted by atomic mass is 35.5. The van der Waals surface area contributed by atoms with Gasteiger partial charge in [-0.25, -0.2) is 16.8 Å². The van der Waals surface area contributed by atoms with E-state index < -0.39 is 26.0 Å². The first kappa shape index (κ1) is 27.5. The van der Waals surface area contributed by atoms with Crippen LogP contribution in [0.2, 0.25) is 10.0 Å². The summed E-state index contributed by atoms with van der Waals surface area (Å²) in [6.07, 6.45) is 0. The molecular weight excluding hydrogens is 569 g/mol. The summed E-state index contributed by atoms with van der Waals surface area (Å²) in [7, 11) is -7.82. The van der Waals surface area contributed by atoms with E-state index in [2.05, 4.69) is 14.8 Å². The molecule has 38 heavy (non-hydrogen) atoms. The van der Waals surface area contributed by atoms with Crippen LogP contribution in [0.5, 0.6) is 0 Å². The lowest BCUT2D eigenvalue weighted by Gasteiger charge is -2.13. The van der Waals surface area contributed by atoms with E-state index in [0.29, 0.717) is 11.3 Å². The second-order valence-corrected chi connectivity index (χ2v) is 12.3. The lowest BCUT2D eigenvalue weighted by atomic mass is 10.1. The molecule has 0 spiro atoms. The lowest BCUT2D eigenvalue weighted by Crippen LogP contribution is -2.16. The van der Waals surface area contributed by atoms with Crippen molar-refractivity contribution < 1.29 is 21.6 Å². The topological polar surface area (TPSA) is 121 Å². The number of anilines is 3. The fraction of sp³-hybridized carbons (Fsp3) is 0.0385. The summed E-state index contributed by atoms with van der Waals surface area (Å²) in [5.41, 5.74) is 1.56. The molecule has 0 saturated heterocycles. The van der Waals surface area contributed by atoms with E-state index in [1.807, 2.05) is 0 Å². The van der Waals surface area contributed by atoms with E-state index in [9.17, 15) is 21.6 Å². The Balaban J connectivity index is 1.49. The Morgan fingerprint density at radius 1 is 0.684 bits per heavy atom. The molecule has 0 radical (unpaired) electrons. The number of carbonyl (C=O) groups is 1. The van der Waals surface area contributed by atoms with E-state index in [0.717, 1.165) is 0 Å². The van der Waals surface area contributed by atoms with Gasteiger partial charge >= 0.3 is 0 Å². The van der Waals surface area contributed by atoms with Crippen LogP contribution in [0.1, 0.15) is 15.9 Å². The maximum atomic E-state index is 12.9. The third-order valence-corrected chi connectivity index (χ3v) is 9.00. The van der Waals surface area contributed by atoms with Crippen molar-refractivity contribution >= 4 is 66.2 Å². The van der Waals surface area contributed by atoms with Crippen LogP contribution in [-0.2, 0) is 20.0 Å². The van der Waals surface area contributed by atoms with Gasteiger partial charge in [0.05, 0.1) is 31.2 Å². The number of carbonyl (C=O) groups excluding carboxylic acids is 1. The predicted octanol–water partition coefficient (Wildman–Crippen LogP) is 6.16. The molecule has 196 valence electrons. The van der Waals surface area contributed by atoms with Gasteiger partial charge in [0.25, 0.3) is 26.0 Å². The molecule has 4 aromatic carbocycles. The van der Waals surface area contributed by atoms with Crippen molar-refractivity contribution in [2.24, 2.45) is 0 Å². The van der Waals surface area contributed by atoms with Gasteiger partial charge in [-0.05, 0) is 73.2 Å². The molecular formula is C26H21Cl2N3O5S2.